The van der Waals surface area contributed by atoms with Gasteiger partial charge in [0.05, 0.1) is 11.9 Å². The van der Waals surface area contributed by atoms with E-state index in [4.69, 9.17) is 0 Å². The molecule has 0 unspecified atom stereocenters. The van der Waals surface area contributed by atoms with E-state index in [-0.39, 0.29) is 0 Å². The lowest BCUT2D eigenvalue weighted by atomic mass is 10.1. The van der Waals surface area contributed by atoms with Crippen LogP contribution in [-0.4, -0.2) is 29.8 Å². The molecule has 0 fully saturated rings. The van der Waals surface area contributed by atoms with Crippen molar-refractivity contribution < 1.29 is 12.9 Å². The van der Waals surface area contributed by atoms with Crippen molar-refractivity contribution in [2.75, 3.05) is 11.0 Å². The molecule has 0 aliphatic heterocycles. The van der Waals surface area contributed by atoms with Crippen LogP contribution in [0.25, 0.3) is 22.1 Å². The minimum Gasteiger partial charge on any atom is -0.342 e. The Kier molecular flexibility index (Phi) is 3.43. The molecule has 108 valence electrons. The van der Waals surface area contributed by atoms with Crippen LogP contribution < -0.4 is 4.72 Å². The molecule has 9 heteroatoms. The normalized spacial score (nSPS) is 11.5. The van der Waals surface area contributed by atoms with Gasteiger partial charge < -0.3 is 4.52 Å². The maximum Gasteiger partial charge on any atom is 0.231 e. The Morgan fingerprint density at radius 3 is 2.62 bits per heavy atom. The van der Waals surface area contributed by atoms with Crippen LogP contribution in [0.5, 0.6) is 0 Å². The SMILES string of the molecule is CS(=O)(=O)Nc1ccc(-c2csc(-c3ncon3)n2)cc1. The van der Waals surface area contributed by atoms with E-state index < -0.39 is 10.0 Å². The summed E-state index contributed by atoms with van der Waals surface area (Å²) in [5, 5.41) is 6.28. The van der Waals surface area contributed by atoms with Gasteiger partial charge in [0.2, 0.25) is 22.2 Å². The number of hydrogen-bond donors (Lipinski definition) is 1. The molecule has 0 amide bonds. The lowest BCUT2D eigenvalue weighted by Crippen LogP contribution is -2.09. The van der Waals surface area contributed by atoms with E-state index in [1.54, 1.807) is 24.3 Å². The summed E-state index contributed by atoms with van der Waals surface area (Å²) in [5.74, 6) is 0.446. The zero-order chi connectivity index (χ0) is 14.9. The van der Waals surface area contributed by atoms with Crippen molar-refractivity contribution in [1.82, 2.24) is 15.1 Å². The van der Waals surface area contributed by atoms with E-state index in [0.29, 0.717) is 16.5 Å². The number of nitrogens with one attached hydrogen (secondary N) is 1. The Hall–Kier alpha value is -2.26. The number of thiazole rings is 1. The summed E-state index contributed by atoms with van der Waals surface area (Å²) < 4.78 is 29.4. The van der Waals surface area contributed by atoms with Crippen molar-refractivity contribution in [2.24, 2.45) is 0 Å². The average molecular weight is 322 g/mol. The van der Waals surface area contributed by atoms with Crippen molar-refractivity contribution in [3.05, 3.63) is 36.0 Å². The van der Waals surface area contributed by atoms with E-state index in [9.17, 15) is 8.42 Å². The maximum absolute atomic E-state index is 11.1. The van der Waals surface area contributed by atoms with Gasteiger partial charge in [-0.3, -0.25) is 4.72 Å². The second kappa shape index (κ2) is 5.26. The van der Waals surface area contributed by atoms with Gasteiger partial charge in [0.15, 0.2) is 5.01 Å². The van der Waals surface area contributed by atoms with Gasteiger partial charge in [0.1, 0.15) is 0 Å². The number of hydrogen-bond acceptors (Lipinski definition) is 7. The summed E-state index contributed by atoms with van der Waals surface area (Å²) in [6, 6.07) is 6.96. The second-order valence-electron chi connectivity index (χ2n) is 4.24. The van der Waals surface area contributed by atoms with E-state index >= 15 is 0 Å². The van der Waals surface area contributed by atoms with Gasteiger partial charge in [-0.15, -0.1) is 11.3 Å². The van der Waals surface area contributed by atoms with Crippen LogP contribution >= 0.6 is 11.3 Å². The summed E-state index contributed by atoms with van der Waals surface area (Å²) in [6.07, 6.45) is 2.36. The molecule has 3 aromatic rings. The monoisotopic (exact) mass is 322 g/mol. The topological polar surface area (TPSA) is 98.0 Å². The molecule has 3 rings (SSSR count). The fraction of sp³-hybridized carbons (Fsp3) is 0.0833. The quantitative estimate of drug-likeness (QED) is 0.791. The lowest BCUT2D eigenvalue weighted by molar-refractivity contribution is 0.418. The Morgan fingerprint density at radius 2 is 2.00 bits per heavy atom. The minimum atomic E-state index is -3.27. The second-order valence-corrected chi connectivity index (χ2v) is 6.85. The summed E-state index contributed by atoms with van der Waals surface area (Å²) in [6.45, 7) is 0. The lowest BCUT2D eigenvalue weighted by Gasteiger charge is -2.04. The highest BCUT2D eigenvalue weighted by Gasteiger charge is 2.10. The first-order valence-corrected chi connectivity index (χ1v) is 8.59. The predicted octanol–water partition coefficient (Wildman–Crippen LogP) is 2.23. The molecule has 0 aliphatic rings. The van der Waals surface area contributed by atoms with Gasteiger partial charge in [-0.2, -0.15) is 4.98 Å². The van der Waals surface area contributed by atoms with Crippen LogP contribution in [0.1, 0.15) is 0 Å². The predicted molar refractivity (Wildman–Crippen MR) is 79.3 cm³/mol. The fourth-order valence-electron chi connectivity index (χ4n) is 1.70. The molecule has 0 spiro atoms. The third-order valence-electron chi connectivity index (χ3n) is 2.54. The number of aromatic nitrogens is 3. The smallest absolute Gasteiger partial charge is 0.231 e. The van der Waals surface area contributed by atoms with Crippen molar-refractivity contribution in [3.8, 4) is 22.1 Å². The van der Waals surface area contributed by atoms with Crippen molar-refractivity contribution in [2.45, 2.75) is 0 Å². The summed E-state index contributed by atoms with van der Waals surface area (Å²) in [5.41, 5.74) is 2.15. The van der Waals surface area contributed by atoms with Crippen molar-refractivity contribution >= 4 is 27.0 Å². The van der Waals surface area contributed by atoms with E-state index in [1.807, 2.05) is 5.38 Å². The molecule has 1 N–H and O–H groups in total. The van der Waals surface area contributed by atoms with Gasteiger partial charge in [-0.1, -0.05) is 17.3 Å². The molecule has 0 aliphatic carbocycles. The van der Waals surface area contributed by atoms with Gasteiger partial charge in [0, 0.05) is 16.6 Å². The summed E-state index contributed by atoms with van der Waals surface area (Å²) >= 11 is 1.41. The molecule has 2 aromatic heterocycles. The van der Waals surface area contributed by atoms with Gasteiger partial charge in [-0.25, -0.2) is 13.4 Å². The Labute approximate surface area is 124 Å². The molecule has 0 saturated heterocycles. The van der Waals surface area contributed by atoms with E-state index in [2.05, 4.69) is 24.4 Å². The molecular formula is C12H10N4O3S2. The molecule has 0 atom stereocenters. The maximum atomic E-state index is 11.1. The number of benzene rings is 1. The number of rotatable bonds is 4. The highest BCUT2D eigenvalue weighted by molar-refractivity contribution is 7.92. The fourth-order valence-corrected chi connectivity index (χ4v) is 3.02. The van der Waals surface area contributed by atoms with Gasteiger partial charge >= 0.3 is 0 Å². The number of anilines is 1. The van der Waals surface area contributed by atoms with Crippen LogP contribution in [0.2, 0.25) is 0 Å². The first-order chi connectivity index (χ1) is 10.0. The molecule has 7 nitrogen and oxygen atoms in total. The summed E-state index contributed by atoms with van der Waals surface area (Å²) in [4.78, 5) is 8.36. The highest BCUT2D eigenvalue weighted by Crippen LogP contribution is 2.27. The number of nitrogens with zero attached hydrogens (tertiary/aromatic N) is 3. The third-order valence-corrected chi connectivity index (χ3v) is 3.99. The number of sulfonamides is 1. The molecule has 0 saturated carbocycles. The van der Waals surface area contributed by atoms with Crippen LogP contribution in [0.4, 0.5) is 5.69 Å². The summed E-state index contributed by atoms with van der Waals surface area (Å²) in [7, 11) is -3.27. The van der Waals surface area contributed by atoms with Crippen LogP contribution in [0, 0.1) is 0 Å². The first-order valence-electron chi connectivity index (χ1n) is 5.82. The highest BCUT2D eigenvalue weighted by atomic mass is 32.2. The zero-order valence-corrected chi connectivity index (χ0v) is 12.5. The Morgan fingerprint density at radius 1 is 1.24 bits per heavy atom. The van der Waals surface area contributed by atoms with Crippen molar-refractivity contribution in [1.29, 1.82) is 0 Å². The van der Waals surface area contributed by atoms with Gasteiger partial charge in [-0.05, 0) is 12.1 Å². The largest absolute Gasteiger partial charge is 0.342 e. The molecule has 2 heterocycles. The first kappa shape index (κ1) is 13.7. The molecule has 0 bridgehead atoms. The van der Waals surface area contributed by atoms with Crippen LogP contribution in [0.3, 0.4) is 0 Å². The van der Waals surface area contributed by atoms with Crippen LogP contribution in [-0.2, 0) is 10.0 Å². The molecule has 1 aromatic carbocycles. The van der Waals surface area contributed by atoms with E-state index in [0.717, 1.165) is 17.5 Å². The van der Waals surface area contributed by atoms with E-state index in [1.165, 1.54) is 17.7 Å². The molecule has 21 heavy (non-hydrogen) atoms. The van der Waals surface area contributed by atoms with Gasteiger partial charge in [0.25, 0.3) is 0 Å². The van der Waals surface area contributed by atoms with Crippen LogP contribution in [0.15, 0.2) is 40.6 Å². The molecular weight excluding hydrogens is 312 g/mol. The van der Waals surface area contributed by atoms with Crippen molar-refractivity contribution in [3.63, 3.8) is 0 Å². The Bertz CT molecular complexity index is 839. The minimum absolute atomic E-state index is 0.446. The standard InChI is InChI=1S/C12H10N4O3S2/c1-21(17,18)16-9-4-2-8(3-5-9)10-6-20-12(14-10)11-13-7-19-15-11/h2-7,16H,1H3. The molecule has 0 radical (unpaired) electrons. The average Bonchev–Trinajstić information content (AvgIpc) is 3.09. The third kappa shape index (κ3) is 3.26. The Balaban J connectivity index is 1.84. The zero-order valence-electron chi connectivity index (χ0n) is 10.8.